The van der Waals surface area contributed by atoms with Gasteiger partial charge >= 0.3 is 0 Å². The van der Waals surface area contributed by atoms with E-state index in [9.17, 15) is 14.7 Å². The number of nitrogens with zero attached hydrogens (tertiary/aromatic N) is 1. The number of anilines is 1. The van der Waals surface area contributed by atoms with E-state index < -0.39 is 5.97 Å². The van der Waals surface area contributed by atoms with E-state index in [-0.39, 0.29) is 11.5 Å². The molecule has 0 aliphatic carbocycles. The molecule has 0 N–H and O–H groups in total. The number of rotatable bonds is 4. The molecule has 1 amide bonds. The van der Waals surface area contributed by atoms with Crippen molar-refractivity contribution in [3.63, 3.8) is 0 Å². The van der Waals surface area contributed by atoms with E-state index in [2.05, 4.69) is 0 Å². The van der Waals surface area contributed by atoms with Crippen LogP contribution in [0.1, 0.15) is 21.5 Å². The summed E-state index contributed by atoms with van der Waals surface area (Å²) < 4.78 is 5.54. The Bertz CT molecular complexity index is 952. The van der Waals surface area contributed by atoms with Gasteiger partial charge in [-0.15, -0.1) is 0 Å². The number of methoxy groups -OCH3 is 1. The quantitative estimate of drug-likeness (QED) is 0.596. The summed E-state index contributed by atoms with van der Waals surface area (Å²) in [6, 6.07) is 11.6. The predicted molar refractivity (Wildman–Crippen MR) is 104 cm³/mol. The van der Waals surface area contributed by atoms with Crippen molar-refractivity contribution in [3.05, 3.63) is 64.1 Å². The van der Waals surface area contributed by atoms with Gasteiger partial charge in [-0.05, 0) is 54.0 Å². The number of benzene rings is 2. The molecule has 0 radical (unpaired) electrons. The highest BCUT2D eigenvalue weighted by molar-refractivity contribution is 8.27. The second kappa shape index (κ2) is 7.31. The maximum absolute atomic E-state index is 12.8. The van der Waals surface area contributed by atoms with Crippen LogP contribution in [0.4, 0.5) is 5.69 Å². The first-order chi connectivity index (χ1) is 12.4. The molecule has 0 atom stereocenters. The van der Waals surface area contributed by atoms with Crippen LogP contribution in [0.5, 0.6) is 5.75 Å². The number of carboxylic acids is 1. The van der Waals surface area contributed by atoms with E-state index in [1.54, 1.807) is 25.3 Å². The smallest absolute Gasteiger partial charge is 0.270 e. The van der Waals surface area contributed by atoms with Gasteiger partial charge in [-0.1, -0.05) is 42.2 Å². The highest BCUT2D eigenvalue weighted by Gasteiger charge is 2.33. The number of aryl methyl sites for hydroxylation is 1. The second-order valence-corrected chi connectivity index (χ2v) is 7.25. The third kappa shape index (κ3) is 3.49. The number of aromatic carboxylic acids is 1. The number of carbonyl (C=O) groups excluding carboxylic acids is 2. The molecule has 5 nitrogen and oxygen atoms in total. The minimum Gasteiger partial charge on any atom is -0.545 e. The highest BCUT2D eigenvalue weighted by Crippen LogP contribution is 2.36. The van der Waals surface area contributed by atoms with E-state index in [0.717, 1.165) is 16.9 Å². The summed E-state index contributed by atoms with van der Waals surface area (Å²) in [6.07, 6.45) is 1.77. The van der Waals surface area contributed by atoms with Crippen LogP contribution >= 0.6 is 24.0 Å². The molecular formula is C19H14NO4S2-. The minimum absolute atomic E-state index is 0.00784. The lowest BCUT2D eigenvalue weighted by atomic mass is 10.1. The van der Waals surface area contributed by atoms with Crippen LogP contribution in [-0.2, 0) is 4.79 Å². The summed E-state index contributed by atoms with van der Waals surface area (Å²) in [5.41, 5.74) is 2.25. The summed E-state index contributed by atoms with van der Waals surface area (Å²) >= 11 is 6.50. The highest BCUT2D eigenvalue weighted by atomic mass is 32.2. The number of carbonyl (C=O) groups is 2. The molecule has 1 aliphatic heterocycles. The summed E-state index contributed by atoms with van der Waals surface area (Å²) in [7, 11) is 1.60. The number of thiocarbonyl (C=S) groups is 1. The molecule has 0 spiro atoms. The molecule has 0 aromatic heterocycles. The number of thioether (sulfide) groups is 1. The minimum atomic E-state index is -1.30. The lowest BCUT2D eigenvalue weighted by molar-refractivity contribution is -0.255. The third-order valence-electron chi connectivity index (χ3n) is 3.90. The van der Waals surface area contributed by atoms with Crippen molar-refractivity contribution in [2.24, 2.45) is 0 Å². The molecule has 7 heteroatoms. The van der Waals surface area contributed by atoms with E-state index in [1.165, 1.54) is 28.8 Å². The average Bonchev–Trinajstić information content (AvgIpc) is 2.90. The summed E-state index contributed by atoms with van der Waals surface area (Å²) in [4.78, 5) is 25.7. The number of carboxylic acid groups (broad SMARTS) is 1. The van der Waals surface area contributed by atoms with E-state index >= 15 is 0 Å². The molecule has 26 heavy (non-hydrogen) atoms. The Balaban J connectivity index is 1.94. The van der Waals surface area contributed by atoms with Crippen molar-refractivity contribution in [2.75, 3.05) is 12.0 Å². The molecule has 0 saturated carbocycles. The van der Waals surface area contributed by atoms with Gasteiger partial charge in [-0.25, -0.2) is 0 Å². The largest absolute Gasteiger partial charge is 0.545 e. The van der Waals surface area contributed by atoms with Gasteiger partial charge in [0.15, 0.2) is 4.32 Å². The topological polar surface area (TPSA) is 69.7 Å². The fraction of sp³-hybridized carbons (Fsp3) is 0.105. The average molecular weight is 384 g/mol. The van der Waals surface area contributed by atoms with Gasteiger partial charge in [-0.2, -0.15) is 0 Å². The molecule has 0 bridgehead atoms. The lowest BCUT2D eigenvalue weighted by Gasteiger charge is -2.15. The fourth-order valence-corrected chi connectivity index (χ4v) is 3.83. The Labute approximate surface area is 160 Å². The number of ether oxygens (including phenoxy) is 1. The molecule has 1 fully saturated rings. The Kier molecular flexibility index (Phi) is 5.11. The zero-order valence-electron chi connectivity index (χ0n) is 14.0. The van der Waals surface area contributed by atoms with Crippen LogP contribution in [0.15, 0.2) is 47.4 Å². The third-order valence-corrected chi connectivity index (χ3v) is 5.20. The molecule has 2 aromatic rings. The van der Waals surface area contributed by atoms with Gasteiger partial charge in [0.2, 0.25) is 0 Å². The van der Waals surface area contributed by atoms with Gasteiger partial charge < -0.3 is 14.6 Å². The Hall–Kier alpha value is -2.64. The molecule has 2 aromatic carbocycles. The molecular weight excluding hydrogens is 370 g/mol. The predicted octanol–water partition coefficient (Wildman–Crippen LogP) is 2.77. The molecule has 0 unspecified atom stereocenters. The number of hydrogen-bond acceptors (Lipinski definition) is 6. The van der Waals surface area contributed by atoms with Crippen molar-refractivity contribution in [1.82, 2.24) is 0 Å². The van der Waals surface area contributed by atoms with Crippen LogP contribution in [0.25, 0.3) is 6.08 Å². The van der Waals surface area contributed by atoms with E-state index in [1.807, 2.05) is 25.1 Å². The first kappa shape index (κ1) is 18.2. The van der Waals surface area contributed by atoms with Crippen molar-refractivity contribution >= 4 is 51.9 Å². The van der Waals surface area contributed by atoms with E-state index in [0.29, 0.717) is 14.9 Å². The Morgan fingerprint density at radius 1 is 1.27 bits per heavy atom. The summed E-state index contributed by atoms with van der Waals surface area (Å²) in [5, 5.41) is 11.1. The van der Waals surface area contributed by atoms with Gasteiger partial charge in [0.05, 0.1) is 23.7 Å². The molecule has 1 saturated heterocycles. The first-order valence-electron chi connectivity index (χ1n) is 7.64. The summed E-state index contributed by atoms with van der Waals surface area (Å²) in [5.74, 6) is -0.848. The number of hydrogen-bond donors (Lipinski definition) is 0. The van der Waals surface area contributed by atoms with Crippen LogP contribution in [0.3, 0.4) is 0 Å². The van der Waals surface area contributed by atoms with Crippen molar-refractivity contribution in [1.29, 1.82) is 0 Å². The number of amides is 1. The maximum Gasteiger partial charge on any atom is 0.270 e. The molecule has 3 rings (SSSR count). The van der Waals surface area contributed by atoms with Crippen LogP contribution in [0.2, 0.25) is 0 Å². The van der Waals surface area contributed by atoms with Gasteiger partial charge in [0, 0.05) is 0 Å². The molecule has 1 aliphatic rings. The zero-order valence-corrected chi connectivity index (χ0v) is 15.6. The van der Waals surface area contributed by atoms with Crippen molar-refractivity contribution in [2.45, 2.75) is 6.92 Å². The summed E-state index contributed by atoms with van der Waals surface area (Å²) in [6.45, 7) is 1.93. The van der Waals surface area contributed by atoms with E-state index in [4.69, 9.17) is 17.0 Å². The van der Waals surface area contributed by atoms with Crippen LogP contribution in [-0.4, -0.2) is 23.3 Å². The van der Waals surface area contributed by atoms with Gasteiger partial charge in [0.25, 0.3) is 5.91 Å². The maximum atomic E-state index is 12.8. The van der Waals surface area contributed by atoms with Crippen molar-refractivity contribution in [3.8, 4) is 5.75 Å². The first-order valence-corrected chi connectivity index (χ1v) is 8.87. The second-order valence-electron chi connectivity index (χ2n) is 5.58. The Morgan fingerprint density at radius 2 is 2.04 bits per heavy atom. The van der Waals surface area contributed by atoms with Crippen LogP contribution in [0, 0.1) is 6.92 Å². The fourth-order valence-electron chi connectivity index (χ4n) is 2.54. The van der Waals surface area contributed by atoms with Crippen LogP contribution < -0.4 is 14.7 Å². The zero-order chi connectivity index (χ0) is 18.8. The standard InChI is InChI=1S/C19H15NO4S2/c1-11-8-15(24-2)7-6-12(11)10-16-17(21)20(19(25)26-16)14-5-3-4-13(9-14)18(22)23/h3-10H,1-2H3,(H,22,23)/p-1/b16-10+. The lowest BCUT2D eigenvalue weighted by Crippen LogP contribution is -2.28. The van der Waals surface area contributed by atoms with Crippen molar-refractivity contribution < 1.29 is 19.4 Å². The van der Waals surface area contributed by atoms with Gasteiger partial charge in [-0.3, -0.25) is 9.69 Å². The normalized spacial score (nSPS) is 15.6. The van der Waals surface area contributed by atoms with Gasteiger partial charge in [0.1, 0.15) is 5.75 Å². The molecule has 1 heterocycles. The Morgan fingerprint density at radius 3 is 2.69 bits per heavy atom. The molecule has 132 valence electrons. The monoisotopic (exact) mass is 384 g/mol. The SMILES string of the molecule is COc1ccc(/C=C2/SC(=S)N(c3cccc(C(=O)[O-])c3)C2=O)c(C)c1.